The molecule has 0 radical (unpaired) electrons. The van der Waals surface area contributed by atoms with Crippen LogP contribution in [-0.4, -0.2) is 44.5 Å². The van der Waals surface area contributed by atoms with Gasteiger partial charge in [-0.05, 0) is 44.0 Å². The van der Waals surface area contributed by atoms with Crippen LogP contribution in [0.2, 0.25) is 0 Å². The van der Waals surface area contributed by atoms with Crippen molar-refractivity contribution in [1.29, 1.82) is 0 Å². The van der Waals surface area contributed by atoms with Gasteiger partial charge in [0.2, 0.25) is 5.91 Å². The Morgan fingerprint density at radius 2 is 1.85 bits per heavy atom. The van der Waals surface area contributed by atoms with Gasteiger partial charge in [-0.15, -0.1) is 0 Å². The number of hydrogen-bond donors (Lipinski definition) is 1. The second-order valence-corrected chi connectivity index (χ2v) is 5.56. The lowest BCUT2D eigenvalue weighted by Crippen LogP contribution is -2.32. The molecule has 1 fully saturated rings. The van der Waals surface area contributed by atoms with Gasteiger partial charge in [-0.1, -0.05) is 12.1 Å². The predicted molar refractivity (Wildman–Crippen MR) is 82.9 cm³/mol. The fraction of sp³-hybridized carbons (Fsp3) is 0.562. The van der Waals surface area contributed by atoms with Gasteiger partial charge in [0.25, 0.3) is 0 Å². The number of carbonyl (C=O) groups is 1. The van der Waals surface area contributed by atoms with Gasteiger partial charge in [0.15, 0.2) is 0 Å². The molecule has 110 valence electrons. The van der Waals surface area contributed by atoms with E-state index in [0.717, 1.165) is 6.54 Å². The molecule has 0 aliphatic carbocycles. The van der Waals surface area contributed by atoms with E-state index in [4.69, 9.17) is 0 Å². The monoisotopic (exact) mass is 275 g/mol. The molecule has 2 rings (SSSR count). The van der Waals surface area contributed by atoms with Gasteiger partial charge in [0.05, 0.1) is 6.54 Å². The molecule has 4 nitrogen and oxygen atoms in total. The molecule has 0 unspecified atom stereocenters. The minimum atomic E-state index is 0.0532. The van der Waals surface area contributed by atoms with E-state index in [9.17, 15) is 4.79 Å². The van der Waals surface area contributed by atoms with Gasteiger partial charge in [-0.3, -0.25) is 9.69 Å². The molecule has 1 amide bonds. The first-order valence-electron chi connectivity index (χ1n) is 7.42. The third-order valence-corrected chi connectivity index (χ3v) is 3.80. The normalized spacial score (nSPS) is 15.4. The number of anilines is 1. The first-order valence-corrected chi connectivity index (χ1v) is 7.42. The highest BCUT2D eigenvalue weighted by Crippen LogP contribution is 2.20. The van der Waals surface area contributed by atoms with E-state index in [0.29, 0.717) is 6.54 Å². The Kier molecular flexibility index (Phi) is 5.41. The number of benzene rings is 1. The van der Waals surface area contributed by atoms with Crippen molar-refractivity contribution < 1.29 is 4.79 Å². The van der Waals surface area contributed by atoms with Crippen LogP contribution in [0.25, 0.3) is 0 Å². The Hall–Kier alpha value is -1.55. The topological polar surface area (TPSA) is 35.6 Å². The average Bonchev–Trinajstić information content (AvgIpc) is 2.48. The van der Waals surface area contributed by atoms with Crippen molar-refractivity contribution in [1.82, 2.24) is 10.2 Å². The van der Waals surface area contributed by atoms with E-state index < -0.39 is 0 Å². The third-order valence-electron chi connectivity index (χ3n) is 3.80. The highest BCUT2D eigenvalue weighted by atomic mass is 16.1. The molecule has 1 aromatic carbocycles. The summed E-state index contributed by atoms with van der Waals surface area (Å²) in [4.78, 5) is 15.8. The fourth-order valence-corrected chi connectivity index (χ4v) is 2.66. The van der Waals surface area contributed by atoms with Crippen LogP contribution in [0.3, 0.4) is 0 Å². The summed E-state index contributed by atoms with van der Waals surface area (Å²) in [5, 5.41) is 2.65. The zero-order valence-electron chi connectivity index (χ0n) is 12.6. The minimum absolute atomic E-state index is 0.0532. The van der Waals surface area contributed by atoms with Crippen LogP contribution >= 0.6 is 0 Å². The van der Waals surface area contributed by atoms with Crippen LogP contribution in [-0.2, 0) is 11.3 Å². The first kappa shape index (κ1) is 14.9. The standard InChI is InChI=1S/C16H25N3O/c1-17-16(20)13-18(2)12-14-6-8-15(9-7-14)19-10-4-3-5-11-19/h6-9H,3-5,10-13H2,1-2H3,(H,17,20). The molecule has 1 aliphatic rings. The lowest BCUT2D eigenvalue weighted by atomic mass is 10.1. The summed E-state index contributed by atoms with van der Waals surface area (Å²) in [6.45, 7) is 3.59. The Morgan fingerprint density at radius 3 is 2.45 bits per heavy atom. The van der Waals surface area contributed by atoms with Crippen molar-refractivity contribution in [2.24, 2.45) is 0 Å². The molecule has 0 spiro atoms. The van der Waals surface area contributed by atoms with Crippen molar-refractivity contribution in [3.63, 3.8) is 0 Å². The minimum Gasteiger partial charge on any atom is -0.372 e. The number of nitrogens with zero attached hydrogens (tertiary/aromatic N) is 2. The molecule has 1 N–H and O–H groups in total. The molecular formula is C16H25N3O. The van der Waals surface area contributed by atoms with Crippen LogP contribution in [0.1, 0.15) is 24.8 Å². The van der Waals surface area contributed by atoms with Crippen LogP contribution in [0, 0.1) is 0 Å². The Balaban J connectivity index is 1.89. The highest BCUT2D eigenvalue weighted by Gasteiger charge is 2.11. The average molecular weight is 275 g/mol. The highest BCUT2D eigenvalue weighted by molar-refractivity contribution is 5.77. The molecule has 1 heterocycles. The molecule has 0 saturated carbocycles. The smallest absolute Gasteiger partial charge is 0.233 e. The second kappa shape index (κ2) is 7.29. The van der Waals surface area contributed by atoms with Crippen LogP contribution in [0.4, 0.5) is 5.69 Å². The largest absolute Gasteiger partial charge is 0.372 e. The van der Waals surface area contributed by atoms with Crippen LogP contribution < -0.4 is 10.2 Å². The van der Waals surface area contributed by atoms with E-state index >= 15 is 0 Å². The van der Waals surface area contributed by atoms with Gasteiger partial charge < -0.3 is 10.2 Å². The van der Waals surface area contributed by atoms with E-state index in [1.165, 1.54) is 43.6 Å². The summed E-state index contributed by atoms with van der Waals surface area (Å²) in [6, 6.07) is 8.75. The summed E-state index contributed by atoms with van der Waals surface area (Å²) in [6.07, 6.45) is 3.96. The number of carbonyl (C=O) groups excluding carboxylic acids is 1. The van der Waals surface area contributed by atoms with Crippen molar-refractivity contribution in [2.75, 3.05) is 38.6 Å². The maximum atomic E-state index is 11.3. The Morgan fingerprint density at radius 1 is 1.20 bits per heavy atom. The lowest BCUT2D eigenvalue weighted by molar-refractivity contribution is -0.121. The number of amides is 1. The summed E-state index contributed by atoms with van der Waals surface area (Å²) in [5.41, 5.74) is 2.57. The maximum absolute atomic E-state index is 11.3. The van der Waals surface area contributed by atoms with Gasteiger partial charge >= 0.3 is 0 Å². The van der Waals surface area contributed by atoms with Gasteiger partial charge in [0, 0.05) is 32.4 Å². The molecule has 0 atom stereocenters. The molecule has 4 heteroatoms. The first-order chi connectivity index (χ1) is 9.69. The molecule has 1 aromatic rings. The van der Waals surface area contributed by atoms with Crippen molar-refractivity contribution >= 4 is 11.6 Å². The van der Waals surface area contributed by atoms with E-state index in [2.05, 4.69) is 34.5 Å². The van der Waals surface area contributed by atoms with Crippen molar-refractivity contribution in [3.05, 3.63) is 29.8 Å². The number of rotatable bonds is 5. The molecule has 1 saturated heterocycles. The van der Waals surface area contributed by atoms with Crippen LogP contribution in [0.5, 0.6) is 0 Å². The second-order valence-electron chi connectivity index (χ2n) is 5.56. The van der Waals surface area contributed by atoms with E-state index in [-0.39, 0.29) is 5.91 Å². The Labute approximate surface area is 121 Å². The molecular weight excluding hydrogens is 250 g/mol. The zero-order chi connectivity index (χ0) is 14.4. The van der Waals surface area contributed by atoms with Gasteiger partial charge in [-0.25, -0.2) is 0 Å². The van der Waals surface area contributed by atoms with E-state index in [1.54, 1.807) is 7.05 Å². The summed E-state index contributed by atoms with van der Waals surface area (Å²) < 4.78 is 0. The van der Waals surface area contributed by atoms with Gasteiger partial charge in [-0.2, -0.15) is 0 Å². The lowest BCUT2D eigenvalue weighted by Gasteiger charge is -2.29. The van der Waals surface area contributed by atoms with Crippen molar-refractivity contribution in [2.45, 2.75) is 25.8 Å². The molecule has 1 aliphatic heterocycles. The van der Waals surface area contributed by atoms with E-state index in [1.807, 2.05) is 11.9 Å². The predicted octanol–water partition coefficient (Wildman–Crippen LogP) is 1.85. The maximum Gasteiger partial charge on any atom is 0.233 e. The number of likely N-dealkylation sites (N-methyl/N-ethyl adjacent to an activating group) is 2. The molecule has 20 heavy (non-hydrogen) atoms. The zero-order valence-corrected chi connectivity index (χ0v) is 12.6. The quantitative estimate of drug-likeness (QED) is 0.891. The third kappa shape index (κ3) is 4.23. The van der Waals surface area contributed by atoms with Crippen molar-refractivity contribution in [3.8, 4) is 0 Å². The van der Waals surface area contributed by atoms with Gasteiger partial charge in [0.1, 0.15) is 0 Å². The molecule has 0 bridgehead atoms. The number of hydrogen-bond acceptors (Lipinski definition) is 3. The number of nitrogens with one attached hydrogen (secondary N) is 1. The number of piperidine rings is 1. The fourth-order valence-electron chi connectivity index (χ4n) is 2.66. The Bertz CT molecular complexity index is 424. The summed E-state index contributed by atoms with van der Waals surface area (Å²) >= 11 is 0. The summed E-state index contributed by atoms with van der Waals surface area (Å²) in [5.74, 6) is 0.0532. The molecule has 0 aromatic heterocycles. The SMILES string of the molecule is CNC(=O)CN(C)Cc1ccc(N2CCCCC2)cc1. The summed E-state index contributed by atoms with van der Waals surface area (Å²) in [7, 11) is 3.64. The van der Waals surface area contributed by atoms with Crippen LogP contribution in [0.15, 0.2) is 24.3 Å².